The third-order valence-corrected chi connectivity index (χ3v) is 5.32. The fourth-order valence-corrected chi connectivity index (χ4v) is 3.80. The molecule has 1 fully saturated rings. The molecule has 1 aromatic heterocycles. The quantitative estimate of drug-likeness (QED) is 0.596. The van der Waals surface area contributed by atoms with Crippen LogP contribution in [-0.2, 0) is 6.54 Å². The van der Waals surface area contributed by atoms with Gasteiger partial charge in [0, 0.05) is 22.2 Å². The maximum absolute atomic E-state index is 5.95. The second kappa shape index (κ2) is 8.20. The highest BCUT2D eigenvalue weighted by Crippen LogP contribution is 2.39. The Bertz CT molecular complexity index is 942. The number of halogens is 1. The van der Waals surface area contributed by atoms with Crippen LogP contribution in [0, 0.1) is 0 Å². The summed E-state index contributed by atoms with van der Waals surface area (Å²) in [5.41, 5.74) is 2.00. The molecule has 1 saturated heterocycles. The highest BCUT2D eigenvalue weighted by atomic mass is 35.5. The standard InChI is InChI=1S/C21H22ClN3O3/c1-26-16-9-10-19(27-2)17(12-16)18-4-3-11-25(18)13-20-23-21(24-28-20)14-5-7-15(22)8-6-14/h5-10,12,18H,3-4,11,13H2,1-2H3. The number of benzene rings is 2. The van der Waals surface area contributed by atoms with Crippen LogP contribution in [0.5, 0.6) is 11.5 Å². The summed E-state index contributed by atoms with van der Waals surface area (Å²) >= 11 is 5.95. The molecule has 28 heavy (non-hydrogen) atoms. The van der Waals surface area contributed by atoms with E-state index in [-0.39, 0.29) is 6.04 Å². The second-order valence-electron chi connectivity index (χ2n) is 6.75. The van der Waals surface area contributed by atoms with Crippen LogP contribution in [0.3, 0.4) is 0 Å². The Labute approximate surface area is 169 Å². The molecule has 0 radical (unpaired) electrons. The van der Waals surface area contributed by atoms with Crippen LogP contribution in [0.1, 0.15) is 30.3 Å². The van der Waals surface area contributed by atoms with Crippen molar-refractivity contribution in [3.63, 3.8) is 0 Å². The molecule has 2 heterocycles. The number of rotatable bonds is 6. The van der Waals surface area contributed by atoms with Crippen molar-refractivity contribution in [3.8, 4) is 22.9 Å². The first-order chi connectivity index (χ1) is 13.7. The van der Waals surface area contributed by atoms with Gasteiger partial charge in [-0.2, -0.15) is 4.98 Å². The number of ether oxygens (including phenoxy) is 2. The third kappa shape index (κ3) is 3.84. The minimum Gasteiger partial charge on any atom is -0.497 e. The van der Waals surface area contributed by atoms with E-state index in [4.69, 9.17) is 25.6 Å². The van der Waals surface area contributed by atoms with E-state index in [2.05, 4.69) is 21.1 Å². The molecule has 0 aliphatic carbocycles. The summed E-state index contributed by atoms with van der Waals surface area (Å²) in [7, 11) is 3.37. The molecule has 4 rings (SSSR count). The van der Waals surface area contributed by atoms with Gasteiger partial charge in [-0.1, -0.05) is 16.8 Å². The minimum atomic E-state index is 0.218. The molecular weight excluding hydrogens is 378 g/mol. The minimum absolute atomic E-state index is 0.218. The Morgan fingerprint density at radius 1 is 1.14 bits per heavy atom. The van der Waals surface area contributed by atoms with Gasteiger partial charge in [-0.05, 0) is 61.9 Å². The average Bonchev–Trinajstić information content (AvgIpc) is 3.38. The van der Waals surface area contributed by atoms with Crippen LogP contribution in [0.15, 0.2) is 47.0 Å². The molecular formula is C21H22ClN3O3. The fraction of sp³-hybridized carbons (Fsp3) is 0.333. The summed E-state index contributed by atoms with van der Waals surface area (Å²) < 4.78 is 16.5. The van der Waals surface area contributed by atoms with Gasteiger partial charge in [0.15, 0.2) is 0 Å². The number of nitrogens with zero attached hydrogens (tertiary/aromatic N) is 3. The average molecular weight is 400 g/mol. The van der Waals surface area contributed by atoms with E-state index >= 15 is 0 Å². The van der Waals surface area contributed by atoms with Crippen LogP contribution in [0.25, 0.3) is 11.4 Å². The first-order valence-corrected chi connectivity index (χ1v) is 9.60. The first-order valence-electron chi connectivity index (χ1n) is 9.22. The summed E-state index contributed by atoms with van der Waals surface area (Å²) in [5.74, 6) is 2.86. The molecule has 1 aliphatic heterocycles. The summed E-state index contributed by atoms with van der Waals surface area (Å²) in [6.07, 6.45) is 2.14. The lowest BCUT2D eigenvalue weighted by Crippen LogP contribution is -2.23. The number of likely N-dealkylation sites (tertiary alicyclic amines) is 1. The van der Waals surface area contributed by atoms with Crippen LogP contribution in [0.2, 0.25) is 5.02 Å². The normalized spacial score (nSPS) is 17.0. The monoisotopic (exact) mass is 399 g/mol. The van der Waals surface area contributed by atoms with Gasteiger partial charge in [0.25, 0.3) is 0 Å². The van der Waals surface area contributed by atoms with E-state index < -0.39 is 0 Å². The first kappa shape index (κ1) is 18.8. The summed E-state index contributed by atoms with van der Waals surface area (Å²) in [6, 6.07) is 13.5. The van der Waals surface area contributed by atoms with Gasteiger partial charge >= 0.3 is 0 Å². The molecule has 1 unspecified atom stereocenters. The van der Waals surface area contributed by atoms with Gasteiger partial charge in [-0.3, -0.25) is 4.90 Å². The zero-order chi connectivity index (χ0) is 19.5. The topological polar surface area (TPSA) is 60.6 Å². The molecule has 0 amide bonds. The van der Waals surface area contributed by atoms with Gasteiger partial charge < -0.3 is 14.0 Å². The van der Waals surface area contributed by atoms with Gasteiger partial charge in [0.05, 0.1) is 20.8 Å². The van der Waals surface area contributed by atoms with E-state index in [1.54, 1.807) is 14.2 Å². The Morgan fingerprint density at radius 2 is 1.96 bits per heavy atom. The third-order valence-electron chi connectivity index (χ3n) is 5.07. The number of hydrogen-bond acceptors (Lipinski definition) is 6. The van der Waals surface area contributed by atoms with Crippen LogP contribution in [0.4, 0.5) is 0 Å². The number of hydrogen-bond donors (Lipinski definition) is 0. The van der Waals surface area contributed by atoms with E-state index in [1.807, 2.05) is 36.4 Å². The van der Waals surface area contributed by atoms with E-state index in [0.29, 0.717) is 23.3 Å². The molecule has 0 N–H and O–H groups in total. The lowest BCUT2D eigenvalue weighted by molar-refractivity contribution is 0.209. The summed E-state index contributed by atoms with van der Waals surface area (Å²) in [4.78, 5) is 6.90. The molecule has 7 heteroatoms. The van der Waals surface area contributed by atoms with Crippen molar-refractivity contribution < 1.29 is 14.0 Å². The number of aromatic nitrogens is 2. The molecule has 3 aromatic rings. The predicted molar refractivity (Wildman–Crippen MR) is 107 cm³/mol. The van der Waals surface area contributed by atoms with E-state index in [0.717, 1.165) is 42.0 Å². The van der Waals surface area contributed by atoms with Crippen molar-refractivity contribution in [2.45, 2.75) is 25.4 Å². The van der Waals surface area contributed by atoms with Crippen molar-refractivity contribution in [3.05, 3.63) is 58.9 Å². The van der Waals surface area contributed by atoms with Gasteiger partial charge in [0.2, 0.25) is 11.7 Å². The molecule has 1 atom stereocenters. The van der Waals surface area contributed by atoms with Crippen LogP contribution < -0.4 is 9.47 Å². The molecule has 146 valence electrons. The Morgan fingerprint density at radius 3 is 2.71 bits per heavy atom. The molecule has 0 spiro atoms. The van der Waals surface area contributed by atoms with Gasteiger partial charge in [-0.25, -0.2) is 0 Å². The van der Waals surface area contributed by atoms with Crippen LogP contribution >= 0.6 is 11.6 Å². The summed E-state index contributed by atoms with van der Waals surface area (Å²) in [6.45, 7) is 1.55. The van der Waals surface area contributed by atoms with E-state index in [9.17, 15) is 0 Å². The van der Waals surface area contributed by atoms with Crippen molar-refractivity contribution in [1.29, 1.82) is 0 Å². The van der Waals surface area contributed by atoms with Gasteiger partial charge in [-0.15, -0.1) is 0 Å². The second-order valence-corrected chi connectivity index (χ2v) is 7.19. The Hall–Kier alpha value is -2.57. The van der Waals surface area contributed by atoms with Crippen molar-refractivity contribution in [2.24, 2.45) is 0 Å². The zero-order valence-corrected chi connectivity index (χ0v) is 16.6. The number of methoxy groups -OCH3 is 2. The van der Waals surface area contributed by atoms with Crippen molar-refractivity contribution >= 4 is 11.6 Å². The Balaban J connectivity index is 1.54. The van der Waals surface area contributed by atoms with Crippen molar-refractivity contribution in [1.82, 2.24) is 15.0 Å². The maximum atomic E-state index is 5.95. The largest absolute Gasteiger partial charge is 0.497 e. The highest BCUT2D eigenvalue weighted by molar-refractivity contribution is 6.30. The maximum Gasteiger partial charge on any atom is 0.241 e. The Kier molecular flexibility index (Phi) is 5.50. The lowest BCUT2D eigenvalue weighted by atomic mass is 10.0. The molecule has 1 aliphatic rings. The molecule has 6 nitrogen and oxygen atoms in total. The predicted octanol–water partition coefficient (Wildman–Crippen LogP) is 4.74. The smallest absolute Gasteiger partial charge is 0.241 e. The SMILES string of the molecule is COc1ccc(OC)c(C2CCCN2Cc2nc(-c3ccc(Cl)cc3)no2)c1. The van der Waals surface area contributed by atoms with Crippen molar-refractivity contribution in [2.75, 3.05) is 20.8 Å². The molecule has 0 bridgehead atoms. The van der Waals surface area contributed by atoms with E-state index in [1.165, 1.54) is 0 Å². The lowest BCUT2D eigenvalue weighted by Gasteiger charge is -2.25. The summed E-state index contributed by atoms with van der Waals surface area (Å²) in [5, 5.41) is 4.80. The zero-order valence-electron chi connectivity index (χ0n) is 15.9. The highest BCUT2D eigenvalue weighted by Gasteiger charge is 2.30. The van der Waals surface area contributed by atoms with Gasteiger partial charge in [0.1, 0.15) is 11.5 Å². The molecule has 2 aromatic carbocycles. The van der Waals surface area contributed by atoms with Crippen LogP contribution in [-0.4, -0.2) is 35.8 Å². The molecule has 0 saturated carbocycles. The fourth-order valence-electron chi connectivity index (χ4n) is 3.68.